The van der Waals surface area contributed by atoms with Crippen molar-refractivity contribution < 1.29 is 9.47 Å². The third kappa shape index (κ3) is 3.04. The van der Waals surface area contributed by atoms with Gasteiger partial charge >= 0.3 is 0 Å². The highest BCUT2D eigenvalue weighted by Crippen LogP contribution is 2.30. The van der Waals surface area contributed by atoms with E-state index in [1.807, 2.05) is 18.2 Å². The Morgan fingerprint density at radius 2 is 2.00 bits per heavy atom. The predicted octanol–water partition coefficient (Wildman–Crippen LogP) is 3.66. The van der Waals surface area contributed by atoms with Crippen molar-refractivity contribution in [3.8, 4) is 11.8 Å². The minimum Gasteiger partial charge on any atom is -0.489 e. The van der Waals surface area contributed by atoms with Crippen LogP contribution in [-0.4, -0.2) is 18.3 Å². The number of hydrogen-bond donors (Lipinski definition) is 0. The molecule has 1 heterocycles. The zero-order valence-electron chi connectivity index (χ0n) is 10.5. The highest BCUT2D eigenvalue weighted by Gasteiger charge is 2.26. The van der Waals surface area contributed by atoms with Gasteiger partial charge < -0.3 is 9.47 Å². The Morgan fingerprint density at radius 1 is 1.33 bits per heavy atom. The van der Waals surface area contributed by atoms with Gasteiger partial charge in [-0.15, -0.1) is 0 Å². The van der Waals surface area contributed by atoms with Gasteiger partial charge in [-0.25, -0.2) is 0 Å². The van der Waals surface area contributed by atoms with Crippen LogP contribution < -0.4 is 4.74 Å². The zero-order chi connectivity index (χ0) is 13.1. The molecule has 96 valence electrons. The Kier molecular flexibility index (Phi) is 4.26. The zero-order valence-corrected chi connectivity index (χ0v) is 12.1. The van der Waals surface area contributed by atoms with Crippen LogP contribution in [-0.2, 0) is 4.74 Å². The molecule has 3 nitrogen and oxygen atoms in total. The summed E-state index contributed by atoms with van der Waals surface area (Å²) in [6.45, 7) is 4.11. The monoisotopic (exact) mass is 309 g/mol. The van der Waals surface area contributed by atoms with Gasteiger partial charge in [-0.1, -0.05) is 6.07 Å². The summed E-state index contributed by atoms with van der Waals surface area (Å²) in [5.41, 5.74) is 0.560. The van der Waals surface area contributed by atoms with Crippen LogP contribution in [0.5, 0.6) is 5.75 Å². The van der Waals surface area contributed by atoms with Crippen LogP contribution in [0.4, 0.5) is 0 Å². The molecule has 1 aliphatic heterocycles. The second-order valence-electron chi connectivity index (χ2n) is 4.69. The molecular formula is C14H16BrNO2. The van der Waals surface area contributed by atoms with E-state index in [1.54, 1.807) is 0 Å². The third-order valence-corrected chi connectivity index (χ3v) is 3.70. The minimum absolute atomic E-state index is 0.116. The lowest BCUT2D eigenvalue weighted by atomic mass is 10.0. The first-order valence-corrected chi connectivity index (χ1v) is 6.90. The topological polar surface area (TPSA) is 42.2 Å². The van der Waals surface area contributed by atoms with Crippen LogP contribution in [0.3, 0.4) is 0 Å². The van der Waals surface area contributed by atoms with Gasteiger partial charge in [-0.3, -0.25) is 0 Å². The van der Waals surface area contributed by atoms with Gasteiger partial charge in [-0.2, -0.15) is 5.26 Å². The van der Waals surface area contributed by atoms with Crippen LogP contribution >= 0.6 is 15.9 Å². The molecule has 0 radical (unpaired) electrons. The van der Waals surface area contributed by atoms with E-state index in [4.69, 9.17) is 14.7 Å². The molecule has 0 saturated carbocycles. The molecule has 0 bridgehead atoms. The Balaban J connectivity index is 2.14. The van der Waals surface area contributed by atoms with E-state index in [9.17, 15) is 0 Å². The molecule has 1 saturated heterocycles. The molecule has 0 aromatic heterocycles. The van der Waals surface area contributed by atoms with Crippen LogP contribution in [0.25, 0.3) is 0 Å². The van der Waals surface area contributed by atoms with Crippen molar-refractivity contribution in [3.63, 3.8) is 0 Å². The van der Waals surface area contributed by atoms with E-state index in [0.29, 0.717) is 11.3 Å². The fourth-order valence-electron chi connectivity index (χ4n) is 2.33. The molecule has 2 atom stereocenters. The molecule has 1 fully saturated rings. The average Bonchev–Trinajstić information content (AvgIpc) is 2.27. The Morgan fingerprint density at radius 3 is 2.61 bits per heavy atom. The summed E-state index contributed by atoms with van der Waals surface area (Å²) in [6, 6.07) is 7.74. The van der Waals surface area contributed by atoms with Crippen LogP contribution in [0.2, 0.25) is 0 Å². The highest BCUT2D eigenvalue weighted by molar-refractivity contribution is 9.10. The smallest absolute Gasteiger partial charge is 0.138 e. The van der Waals surface area contributed by atoms with Gasteiger partial charge in [0, 0.05) is 17.3 Å². The van der Waals surface area contributed by atoms with Gasteiger partial charge in [-0.05, 0) is 41.9 Å². The van der Waals surface area contributed by atoms with Crippen molar-refractivity contribution >= 4 is 15.9 Å². The third-order valence-electron chi connectivity index (χ3n) is 3.04. The highest BCUT2D eigenvalue weighted by atomic mass is 79.9. The number of nitriles is 1. The molecule has 0 N–H and O–H groups in total. The van der Waals surface area contributed by atoms with Crippen LogP contribution in [0.15, 0.2) is 22.7 Å². The molecule has 2 unspecified atom stereocenters. The molecule has 18 heavy (non-hydrogen) atoms. The second kappa shape index (κ2) is 5.73. The molecule has 1 aliphatic rings. The Labute approximate surface area is 116 Å². The number of halogens is 1. The molecule has 2 rings (SSSR count). The van der Waals surface area contributed by atoms with E-state index in [1.165, 1.54) is 0 Å². The van der Waals surface area contributed by atoms with Crippen molar-refractivity contribution in [1.82, 2.24) is 0 Å². The fourth-order valence-corrected chi connectivity index (χ4v) is 2.77. The maximum atomic E-state index is 9.15. The number of ether oxygens (including phenoxy) is 2. The van der Waals surface area contributed by atoms with Gasteiger partial charge in [0.15, 0.2) is 0 Å². The lowest BCUT2D eigenvalue weighted by Gasteiger charge is -2.32. The van der Waals surface area contributed by atoms with Crippen molar-refractivity contribution in [2.45, 2.75) is 45.0 Å². The number of rotatable bonds is 2. The summed E-state index contributed by atoms with van der Waals surface area (Å²) < 4.78 is 12.4. The first-order valence-electron chi connectivity index (χ1n) is 6.11. The summed E-state index contributed by atoms with van der Waals surface area (Å²) in [5, 5.41) is 9.15. The standard InChI is InChI=1S/C14H16BrNO2/c1-9-6-11(7-10(2)17-9)18-14-5-3-4-13(15)12(14)8-16/h3-5,9-11H,6-7H2,1-2H3. The van der Waals surface area contributed by atoms with Crippen LogP contribution in [0.1, 0.15) is 32.3 Å². The molecule has 1 aromatic carbocycles. The van der Waals surface area contributed by atoms with Crippen LogP contribution in [0, 0.1) is 11.3 Å². The fraction of sp³-hybridized carbons (Fsp3) is 0.500. The first kappa shape index (κ1) is 13.4. The summed E-state index contributed by atoms with van der Waals surface area (Å²) >= 11 is 3.37. The maximum absolute atomic E-state index is 9.15. The van der Waals surface area contributed by atoms with E-state index >= 15 is 0 Å². The van der Waals surface area contributed by atoms with E-state index in [0.717, 1.165) is 17.3 Å². The summed E-state index contributed by atoms with van der Waals surface area (Å²) in [5.74, 6) is 0.651. The predicted molar refractivity (Wildman–Crippen MR) is 72.5 cm³/mol. The van der Waals surface area contributed by atoms with Crippen molar-refractivity contribution in [2.75, 3.05) is 0 Å². The van der Waals surface area contributed by atoms with Crippen molar-refractivity contribution in [2.24, 2.45) is 0 Å². The molecular weight excluding hydrogens is 294 g/mol. The van der Waals surface area contributed by atoms with Crippen molar-refractivity contribution in [3.05, 3.63) is 28.2 Å². The SMILES string of the molecule is CC1CC(Oc2cccc(Br)c2C#N)CC(C)O1. The summed E-state index contributed by atoms with van der Waals surface area (Å²) in [4.78, 5) is 0. The molecule has 0 spiro atoms. The van der Waals surface area contributed by atoms with Gasteiger partial charge in [0.05, 0.1) is 12.2 Å². The largest absolute Gasteiger partial charge is 0.489 e. The minimum atomic E-state index is 0.116. The normalized spacial score (nSPS) is 27.6. The molecule has 1 aromatic rings. The maximum Gasteiger partial charge on any atom is 0.138 e. The van der Waals surface area contributed by atoms with E-state index < -0.39 is 0 Å². The second-order valence-corrected chi connectivity index (χ2v) is 5.55. The number of hydrogen-bond acceptors (Lipinski definition) is 3. The first-order chi connectivity index (χ1) is 8.60. The summed E-state index contributed by atoms with van der Waals surface area (Å²) in [6.07, 6.45) is 2.25. The van der Waals surface area contributed by atoms with Gasteiger partial charge in [0.1, 0.15) is 23.5 Å². The Bertz CT molecular complexity index is 459. The van der Waals surface area contributed by atoms with Gasteiger partial charge in [0.2, 0.25) is 0 Å². The summed E-state index contributed by atoms with van der Waals surface area (Å²) in [7, 11) is 0. The Hall–Kier alpha value is -1.05. The molecule has 4 heteroatoms. The molecule has 0 amide bonds. The quantitative estimate of drug-likeness (QED) is 0.837. The van der Waals surface area contributed by atoms with E-state index in [-0.39, 0.29) is 18.3 Å². The van der Waals surface area contributed by atoms with Crippen molar-refractivity contribution in [1.29, 1.82) is 5.26 Å². The average molecular weight is 310 g/mol. The lowest BCUT2D eigenvalue weighted by molar-refractivity contribution is -0.0722. The molecule has 0 aliphatic carbocycles. The van der Waals surface area contributed by atoms with Gasteiger partial charge in [0.25, 0.3) is 0 Å². The number of nitrogens with zero attached hydrogens (tertiary/aromatic N) is 1. The lowest BCUT2D eigenvalue weighted by Crippen LogP contribution is -2.35. The number of benzene rings is 1. The van der Waals surface area contributed by atoms with E-state index in [2.05, 4.69) is 35.8 Å².